The third-order valence-electron chi connectivity index (χ3n) is 5.85. The number of H-pyrrole nitrogens is 1. The van der Waals surface area contributed by atoms with E-state index in [1.54, 1.807) is 30.4 Å². The molecule has 0 saturated carbocycles. The first-order valence-corrected chi connectivity index (χ1v) is 11.7. The Morgan fingerprint density at radius 3 is 2.62 bits per heavy atom. The summed E-state index contributed by atoms with van der Waals surface area (Å²) in [4.78, 5) is 37.8. The predicted molar refractivity (Wildman–Crippen MR) is 133 cm³/mol. The Kier molecular flexibility index (Phi) is 6.05. The number of hydrogen-bond donors (Lipinski definition) is 3. The largest absolute Gasteiger partial charge is 0.361 e. The average Bonchev–Trinajstić information content (AvgIpc) is 3.45. The van der Waals surface area contributed by atoms with Crippen LogP contribution in [0, 0.1) is 0 Å². The van der Waals surface area contributed by atoms with Gasteiger partial charge >= 0.3 is 6.03 Å². The third-order valence-corrected chi connectivity index (χ3v) is 6.57. The van der Waals surface area contributed by atoms with Crippen LogP contribution in [0.25, 0.3) is 22.2 Å². The Labute approximate surface area is 205 Å². The van der Waals surface area contributed by atoms with E-state index in [9.17, 15) is 4.79 Å². The second kappa shape index (κ2) is 9.15. The van der Waals surface area contributed by atoms with Crippen molar-refractivity contribution in [2.45, 2.75) is 20.0 Å². The zero-order valence-electron chi connectivity index (χ0n) is 18.8. The van der Waals surface area contributed by atoms with Gasteiger partial charge in [-0.1, -0.05) is 23.2 Å². The van der Waals surface area contributed by atoms with Crippen molar-refractivity contribution < 1.29 is 4.79 Å². The van der Waals surface area contributed by atoms with Crippen molar-refractivity contribution in [1.82, 2.24) is 39.7 Å². The van der Waals surface area contributed by atoms with Crippen molar-refractivity contribution in [2.24, 2.45) is 0 Å². The minimum Gasteiger partial charge on any atom is -0.361 e. The normalized spacial score (nSPS) is 14.2. The number of amides is 2. The van der Waals surface area contributed by atoms with Gasteiger partial charge in [-0.25, -0.2) is 14.8 Å². The van der Waals surface area contributed by atoms with Crippen LogP contribution in [0.15, 0.2) is 18.5 Å². The van der Waals surface area contributed by atoms with Crippen LogP contribution in [0.3, 0.4) is 0 Å². The topological polar surface area (TPSA) is 120 Å². The van der Waals surface area contributed by atoms with Gasteiger partial charge in [0.2, 0.25) is 5.95 Å². The molecule has 13 heteroatoms. The number of imidazole rings is 2. The number of urea groups is 1. The highest BCUT2D eigenvalue weighted by Crippen LogP contribution is 2.27. The summed E-state index contributed by atoms with van der Waals surface area (Å²) in [7, 11) is 1.64. The minimum atomic E-state index is -0.0733. The van der Waals surface area contributed by atoms with Gasteiger partial charge in [-0.15, -0.1) is 0 Å². The summed E-state index contributed by atoms with van der Waals surface area (Å²) < 4.78 is 1.98. The standard InChI is InChI=1S/C21H24Cl2N10O/c1-3-31-11-26-17-18(25-10-16-27-14-8-12(22)13(23)9-15(14)28-16)29-20(30-19(17)31)32-4-6-33(7-5-32)21(34)24-2/h8-9,11H,3-7,10H2,1-2H3,(H,24,34)(H,27,28)(H,25,29,30). The van der Waals surface area contributed by atoms with E-state index in [-0.39, 0.29) is 6.03 Å². The van der Waals surface area contributed by atoms with Gasteiger partial charge in [0.1, 0.15) is 5.82 Å². The highest BCUT2D eigenvalue weighted by Gasteiger charge is 2.24. The predicted octanol–water partition coefficient (Wildman–Crippen LogP) is 3.10. The van der Waals surface area contributed by atoms with Crippen LogP contribution in [0.4, 0.5) is 16.6 Å². The van der Waals surface area contributed by atoms with Crippen LogP contribution in [-0.2, 0) is 13.1 Å². The van der Waals surface area contributed by atoms with Crippen molar-refractivity contribution in [2.75, 3.05) is 43.4 Å². The Hall–Kier alpha value is -3.31. The van der Waals surface area contributed by atoms with Gasteiger partial charge in [-0.3, -0.25) is 0 Å². The first-order valence-electron chi connectivity index (χ1n) is 11.0. The summed E-state index contributed by atoms with van der Waals surface area (Å²) in [6, 6.07) is 3.43. The summed E-state index contributed by atoms with van der Waals surface area (Å²) in [5.74, 6) is 1.94. The first-order chi connectivity index (χ1) is 16.5. The van der Waals surface area contributed by atoms with E-state index in [4.69, 9.17) is 33.2 Å². The molecule has 1 fully saturated rings. The molecule has 1 aliphatic rings. The van der Waals surface area contributed by atoms with E-state index in [0.29, 0.717) is 60.1 Å². The maximum Gasteiger partial charge on any atom is 0.317 e. The molecule has 4 aromatic rings. The lowest BCUT2D eigenvalue weighted by atomic mass is 10.3. The molecule has 11 nitrogen and oxygen atoms in total. The fourth-order valence-electron chi connectivity index (χ4n) is 4.01. The lowest BCUT2D eigenvalue weighted by Gasteiger charge is -2.34. The van der Waals surface area contributed by atoms with Gasteiger partial charge in [0.25, 0.3) is 0 Å². The van der Waals surface area contributed by atoms with Gasteiger partial charge in [-0.2, -0.15) is 9.97 Å². The zero-order chi connectivity index (χ0) is 23.8. The van der Waals surface area contributed by atoms with Crippen LogP contribution < -0.4 is 15.5 Å². The molecule has 178 valence electrons. The fraction of sp³-hybridized carbons (Fsp3) is 0.381. The van der Waals surface area contributed by atoms with Crippen molar-refractivity contribution in [1.29, 1.82) is 0 Å². The highest BCUT2D eigenvalue weighted by molar-refractivity contribution is 6.42. The number of carbonyl (C=O) groups is 1. The molecule has 34 heavy (non-hydrogen) atoms. The summed E-state index contributed by atoms with van der Waals surface area (Å²) >= 11 is 12.2. The molecular weight excluding hydrogens is 479 g/mol. The number of aromatic amines is 1. The van der Waals surface area contributed by atoms with Gasteiger partial charge in [0.15, 0.2) is 17.0 Å². The van der Waals surface area contributed by atoms with Crippen LogP contribution >= 0.6 is 23.2 Å². The molecule has 4 heterocycles. The Bertz CT molecular complexity index is 1320. The summed E-state index contributed by atoms with van der Waals surface area (Å²) in [6.45, 7) is 5.67. The number of nitrogens with one attached hydrogen (secondary N) is 3. The molecular formula is C21H24Cl2N10O. The van der Waals surface area contributed by atoms with E-state index in [1.165, 1.54) is 0 Å². The number of nitrogens with zero attached hydrogens (tertiary/aromatic N) is 7. The lowest BCUT2D eigenvalue weighted by Crippen LogP contribution is -2.51. The molecule has 0 radical (unpaired) electrons. The maximum absolute atomic E-state index is 11.9. The first kappa shape index (κ1) is 22.5. The van der Waals surface area contributed by atoms with Crippen molar-refractivity contribution in [3.63, 3.8) is 0 Å². The SMILES string of the molecule is CCn1cnc2c(NCc3nc4cc(Cl)c(Cl)cc4[nH]3)nc(N3CCN(C(=O)NC)CC3)nc21. The number of benzene rings is 1. The number of fused-ring (bicyclic) bond motifs is 2. The van der Waals surface area contributed by atoms with Crippen molar-refractivity contribution in [3.8, 4) is 0 Å². The molecule has 0 atom stereocenters. The molecule has 1 aromatic carbocycles. The molecule has 0 aliphatic carbocycles. The van der Waals surface area contributed by atoms with Crippen molar-refractivity contribution in [3.05, 3.63) is 34.3 Å². The van der Waals surface area contributed by atoms with Crippen LogP contribution in [0.5, 0.6) is 0 Å². The maximum atomic E-state index is 11.9. The number of carbonyl (C=O) groups excluding carboxylic acids is 1. The number of piperazine rings is 1. The van der Waals surface area contributed by atoms with E-state index in [0.717, 1.165) is 29.0 Å². The van der Waals surface area contributed by atoms with Gasteiger partial charge in [-0.05, 0) is 19.1 Å². The van der Waals surface area contributed by atoms with E-state index >= 15 is 0 Å². The second-order valence-corrected chi connectivity index (χ2v) is 8.74. The van der Waals surface area contributed by atoms with Gasteiger partial charge < -0.3 is 30.0 Å². The Morgan fingerprint density at radius 2 is 1.88 bits per heavy atom. The Balaban J connectivity index is 1.41. The quantitative estimate of drug-likeness (QED) is 0.383. The molecule has 5 rings (SSSR count). The summed E-state index contributed by atoms with van der Waals surface area (Å²) in [5, 5.41) is 6.97. The van der Waals surface area contributed by atoms with E-state index < -0.39 is 0 Å². The fourth-order valence-corrected chi connectivity index (χ4v) is 4.33. The molecule has 3 N–H and O–H groups in total. The monoisotopic (exact) mass is 502 g/mol. The number of anilines is 2. The molecule has 2 amide bonds. The minimum absolute atomic E-state index is 0.0733. The molecule has 0 spiro atoms. The van der Waals surface area contributed by atoms with Gasteiger partial charge in [0.05, 0.1) is 34.0 Å². The second-order valence-electron chi connectivity index (χ2n) is 7.92. The van der Waals surface area contributed by atoms with Crippen LogP contribution in [0.2, 0.25) is 10.0 Å². The molecule has 0 bridgehead atoms. The number of rotatable bonds is 5. The number of hydrogen-bond acceptors (Lipinski definition) is 7. The van der Waals surface area contributed by atoms with E-state index in [1.807, 2.05) is 11.5 Å². The van der Waals surface area contributed by atoms with Crippen molar-refractivity contribution >= 4 is 63.2 Å². The summed E-state index contributed by atoms with van der Waals surface area (Å²) in [5.41, 5.74) is 3.00. The number of aromatic nitrogens is 6. The summed E-state index contributed by atoms with van der Waals surface area (Å²) in [6.07, 6.45) is 1.77. The smallest absolute Gasteiger partial charge is 0.317 e. The molecule has 0 unspecified atom stereocenters. The molecule has 3 aromatic heterocycles. The number of halogens is 2. The van der Waals surface area contributed by atoms with E-state index in [2.05, 4.69) is 30.5 Å². The third kappa shape index (κ3) is 4.16. The van der Waals surface area contributed by atoms with Crippen LogP contribution in [-0.4, -0.2) is 73.6 Å². The van der Waals surface area contributed by atoms with Crippen LogP contribution in [0.1, 0.15) is 12.7 Å². The molecule has 1 saturated heterocycles. The lowest BCUT2D eigenvalue weighted by molar-refractivity contribution is 0.196. The average molecular weight is 503 g/mol. The zero-order valence-corrected chi connectivity index (χ0v) is 20.3. The number of aryl methyl sites for hydroxylation is 1. The highest BCUT2D eigenvalue weighted by atomic mass is 35.5. The van der Waals surface area contributed by atoms with Gasteiger partial charge in [0, 0.05) is 39.8 Å². The molecule has 1 aliphatic heterocycles. The Morgan fingerprint density at radius 1 is 1.12 bits per heavy atom.